The summed E-state index contributed by atoms with van der Waals surface area (Å²) in [6.45, 7) is 6.85. The molecule has 1 aliphatic rings. The minimum absolute atomic E-state index is 0.0111. The lowest BCUT2D eigenvalue weighted by atomic mass is 9.81. The standard InChI is InChI=1S/C32H60O4/c1-4-5-6-7-8-9-10-11-12-15-18-24-30(25-19-16-13-14-17-21-27(2)3)36-32(35)29-23-20-22-28(26-29)31(33)34/h27-30H,4-26H2,1-3H3,(H,33,34). The van der Waals surface area contributed by atoms with Crippen molar-refractivity contribution in [1.29, 1.82) is 0 Å². The number of ether oxygens (including phenoxy) is 1. The van der Waals surface area contributed by atoms with E-state index >= 15 is 0 Å². The van der Waals surface area contributed by atoms with Crippen molar-refractivity contribution >= 4 is 11.9 Å². The van der Waals surface area contributed by atoms with Gasteiger partial charge in [0.05, 0.1) is 11.8 Å². The molecule has 0 amide bonds. The fourth-order valence-electron chi connectivity index (χ4n) is 5.64. The summed E-state index contributed by atoms with van der Waals surface area (Å²) in [5.41, 5.74) is 0. The molecule has 1 N–H and O–H groups in total. The average molecular weight is 509 g/mol. The third-order valence-corrected chi connectivity index (χ3v) is 8.08. The fraction of sp³-hybridized carbons (Fsp3) is 0.938. The second-order valence-electron chi connectivity index (χ2n) is 12.0. The molecule has 0 bridgehead atoms. The largest absolute Gasteiger partial charge is 0.481 e. The van der Waals surface area contributed by atoms with Gasteiger partial charge in [0.15, 0.2) is 0 Å². The summed E-state index contributed by atoms with van der Waals surface area (Å²) >= 11 is 0. The van der Waals surface area contributed by atoms with Gasteiger partial charge in [-0.3, -0.25) is 9.59 Å². The fourth-order valence-corrected chi connectivity index (χ4v) is 5.64. The van der Waals surface area contributed by atoms with E-state index in [9.17, 15) is 14.7 Å². The molecule has 0 radical (unpaired) electrons. The second-order valence-corrected chi connectivity index (χ2v) is 12.0. The monoisotopic (exact) mass is 508 g/mol. The van der Waals surface area contributed by atoms with E-state index in [4.69, 9.17) is 4.74 Å². The Balaban J connectivity index is 2.32. The van der Waals surface area contributed by atoms with Crippen molar-refractivity contribution < 1.29 is 19.4 Å². The number of carboxylic acids is 1. The van der Waals surface area contributed by atoms with Crippen molar-refractivity contribution in [2.45, 2.75) is 175 Å². The Bertz CT molecular complexity index is 544. The highest BCUT2D eigenvalue weighted by atomic mass is 16.5. The molecule has 1 saturated carbocycles. The van der Waals surface area contributed by atoms with E-state index in [1.807, 2.05) is 0 Å². The Hall–Kier alpha value is -1.06. The molecule has 4 nitrogen and oxygen atoms in total. The first kappa shape index (κ1) is 33.0. The first-order chi connectivity index (χ1) is 17.4. The summed E-state index contributed by atoms with van der Waals surface area (Å²) in [6, 6.07) is 0. The van der Waals surface area contributed by atoms with Crippen molar-refractivity contribution in [3.8, 4) is 0 Å². The van der Waals surface area contributed by atoms with E-state index < -0.39 is 5.97 Å². The van der Waals surface area contributed by atoms with Crippen LogP contribution in [0.3, 0.4) is 0 Å². The van der Waals surface area contributed by atoms with Gasteiger partial charge in [-0.25, -0.2) is 0 Å². The number of carbonyl (C=O) groups is 2. The lowest BCUT2D eigenvalue weighted by molar-refractivity contribution is -0.158. The summed E-state index contributed by atoms with van der Waals surface area (Å²) in [5, 5.41) is 9.37. The van der Waals surface area contributed by atoms with Crippen LogP contribution in [-0.2, 0) is 14.3 Å². The predicted molar refractivity (Wildman–Crippen MR) is 151 cm³/mol. The number of aliphatic carboxylic acids is 1. The number of esters is 1. The third-order valence-electron chi connectivity index (χ3n) is 8.08. The SMILES string of the molecule is CCCCCCCCCCCCCC(CCCCCCCC(C)C)OC(=O)C1CCCC(C(=O)O)C1. The minimum Gasteiger partial charge on any atom is -0.481 e. The molecule has 0 aromatic rings. The molecule has 1 fully saturated rings. The zero-order chi connectivity index (χ0) is 26.4. The molecule has 0 spiro atoms. The highest BCUT2D eigenvalue weighted by Gasteiger charge is 2.32. The van der Waals surface area contributed by atoms with Crippen LogP contribution in [0.25, 0.3) is 0 Å². The molecule has 3 atom stereocenters. The zero-order valence-electron chi connectivity index (χ0n) is 24.2. The van der Waals surface area contributed by atoms with Crippen LogP contribution in [0.4, 0.5) is 0 Å². The van der Waals surface area contributed by atoms with Gasteiger partial charge in [-0.05, 0) is 50.9 Å². The first-order valence-electron chi connectivity index (χ1n) is 15.9. The van der Waals surface area contributed by atoms with Crippen molar-refractivity contribution in [2.24, 2.45) is 17.8 Å². The van der Waals surface area contributed by atoms with Crippen LogP contribution in [0, 0.1) is 17.8 Å². The number of rotatable bonds is 23. The summed E-state index contributed by atoms with van der Waals surface area (Å²) in [7, 11) is 0. The molecule has 36 heavy (non-hydrogen) atoms. The lowest BCUT2D eigenvalue weighted by Gasteiger charge is -2.27. The molecule has 3 unspecified atom stereocenters. The molecule has 212 valence electrons. The van der Waals surface area contributed by atoms with Gasteiger partial charge < -0.3 is 9.84 Å². The molecule has 0 heterocycles. The van der Waals surface area contributed by atoms with Gasteiger partial charge in [0.2, 0.25) is 0 Å². The Morgan fingerprint density at radius 1 is 0.694 bits per heavy atom. The molecule has 4 heteroatoms. The summed E-state index contributed by atoms with van der Waals surface area (Å²) < 4.78 is 6.04. The van der Waals surface area contributed by atoms with Crippen LogP contribution in [-0.4, -0.2) is 23.1 Å². The molecule has 0 saturated heterocycles. The smallest absolute Gasteiger partial charge is 0.309 e. The van der Waals surface area contributed by atoms with Crippen molar-refractivity contribution in [2.75, 3.05) is 0 Å². The highest BCUT2D eigenvalue weighted by Crippen LogP contribution is 2.31. The van der Waals surface area contributed by atoms with Crippen molar-refractivity contribution in [3.63, 3.8) is 0 Å². The lowest BCUT2D eigenvalue weighted by Crippen LogP contribution is -2.31. The van der Waals surface area contributed by atoms with Crippen molar-refractivity contribution in [3.05, 3.63) is 0 Å². The topological polar surface area (TPSA) is 63.6 Å². The quantitative estimate of drug-likeness (QED) is 0.110. The van der Waals surface area contributed by atoms with Gasteiger partial charge in [-0.1, -0.05) is 124 Å². The number of hydrogen-bond acceptors (Lipinski definition) is 3. The van der Waals surface area contributed by atoms with Gasteiger partial charge in [0.1, 0.15) is 6.10 Å². The van der Waals surface area contributed by atoms with Crippen LogP contribution in [0.15, 0.2) is 0 Å². The molecule has 1 aliphatic carbocycles. The summed E-state index contributed by atoms with van der Waals surface area (Å²) in [6.07, 6.45) is 26.8. The Morgan fingerprint density at radius 2 is 1.14 bits per heavy atom. The molecule has 0 aromatic carbocycles. The number of unbranched alkanes of at least 4 members (excludes halogenated alkanes) is 14. The van der Waals surface area contributed by atoms with Crippen LogP contribution < -0.4 is 0 Å². The maximum Gasteiger partial charge on any atom is 0.309 e. The normalized spacial score (nSPS) is 18.9. The van der Waals surface area contributed by atoms with Gasteiger partial charge in [0, 0.05) is 0 Å². The Morgan fingerprint density at radius 3 is 1.61 bits per heavy atom. The van der Waals surface area contributed by atoms with E-state index in [0.717, 1.165) is 44.4 Å². The molecule has 1 rings (SSSR count). The number of carbonyl (C=O) groups excluding carboxylic acids is 1. The third kappa shape index (κ3) is 17.4. The van der Waals surface area contributed by atoms with Crippen LogP contribution in [0.5, 0.6) is 0 Å². The molecular weight excluding hydrogens is 448 g/mol. The Kier molecular flexibility index (Phi) is 20.1. The van der Waals surface area contributed by atoms with Gasteiger partial charge >= 0.3 is 11.9 Å². The average Bonchev–Trinajstić information content (AvgIpc) is 2.86. The maximum atomic E-state index is 12.9. The Labute approximate surface area is 223 Å². The van der Waals surface area contributed by atoms with Gasteiger partial charge in [0.25, 0.3) is 0 Å². The van der Waals surface area contributed by atoms with E-state index in [1.165, 1.54) is 96.3 Å². The summed E-state index contributed by atoms with van der Waals surface area (Å²) in [5.74, 6) is -0.712. The van der Waals surface area contributed by atoms with Crippen LogP contribution in [0.1, 0.15) is 168 Å². The second kappa shape index (κ2) is 22.0. The van der Waals surface area contributed by atoms with E-state index in [0.29, 0.717) is 12.8 Å². The molecular formula is C32H60O4. The van der Waals surface area contributed by atoms with E-state index in [2.05, 4.69) is 20.8 Å². The van der Waals surface area contributed by atoms with E-state index in [-0.39, 0.29) is 23.9 Å². The zero-order valence-corrected chi connectivity index (χ0v) is 24.2. The first-order valence-corrected chi connectivity index (χ1v) is 15.9. The highest BCUT2D eigenvalue weighted by molar-refractivity contribution is 5.75. The van der Waals surface area contributed by atoms with Crippen LogP contribution >= 0.6 is 0 Å². The molecule has 0 aromatic heterocycles. The summed E-state index contributed by atoms with van der Waals surface area (Å²) in [4.78, 5) is 24.3. The van der Waals surface area contributed by atoms with Crippen LogP contribution in [0.2, 0.25) is 0 Å². The van der Waals surface area contributed by atoms with E-state index in [1.54, 1.807) is 0 Å². The minimum atomic E-state index is -0.762. The predicted octanol–water partition coefficient (Wildman–Crippen LogP) is 9.88. The number of carboxylic acid groups (broad SMARTS) is 1. The molecule has 0 aliphatic heterocycles. The maximum absolute atomic E-state index is 12.9. The van der Waals surface area contributed by atoms with Gasteiger partial charge in [-0.15, -0.1) is 0 Å². The van der Waals surface area contributed by atoms with Crippen molar-refractivity contribution in [1.82, 2.24) is 0 Å². The number of hydrogen-bond donors (Lipinski definition) is 1. The van der Waals surface area contributed by atoms with Gasteiger partial charge in [-0.2, -0.15) is 0 Å².